The summed E-state index contributed by atoms with van der Waals surface area (Å²) < 4.78 is 5.85. The molecule has 2 aromatic carbocycles. The Balaban J connectivity index is 1.40. The molecule has 0 bridgehead atoms. The second kappa shape index (κ2) is 8.84. The number of carbonyl (C=O) groups is 1. The number of likely N-dealkylation sites (N-methyl/N-ethyl adjacent to an activating group) is 1. The van der Waals surface area contributed by atoms with Gasteiger partial charge >= 0.3 is 0 Å². The van der Waals surface area contributed by atoms with Crippen molar-refractivity contribution >= 4 is 17.5 Å². The normalized spacial score (nSPS) is 14.1. The zero-order chi connectivity index (χ0) is 22.0. The van der Waals surface area contributed by atoms with Gasteiger partial charge in [0.2, 0.25) is 11.8 Å². The predicted molar refractivity (Wildman–Crippen MR) is 125 cm³/mol. The summed E-state index contributed by atoms with van der Waals surface area (Å²) in [4.78, 5) is 23.7. The van der Waals surface area contributed by atoms with Crippen LogP contribution in [0.3, 0.4) is 0 Å². The van der Waals surface area contributed by atoms with Crippen molar-refractivity contribution in [1.82, 2.24) is 9.88 Å². The number of aromatic nitrogens is 1. The molecule has 2 heterocycles. The monoisotopic (exact) mass is 418 g/mol. The van der Waals surface area contributed by atoms with Gasteiger partial charge < -0.3 is 19.1 Å². The molecule has 1 saturated heterocycles. The van der Waals surface area contributed by atoms with Crippen molar-refractivity contribution in [2.45, 2.75) is 20.8 Å². The lowest BCUT2D eigenvalue weighted by Gasteiger charge is -2.37. The Labute approximate surface area is 184 Å². The van der Waals surface area contributed by atoms with Gasteiger partial charge in [-0.2, -0.15) is 0 Å². The van der Waals surface area contributed by atoms with Crippen molar-refractivity contribution in [3.63, 3.8) is 0 Å². The number of aryl methyl sites for hydroxylation is 2. The smallest absolute Gasteiger partial charge is 0.242 e. The first-order chi connectivity index (χ1) is 14.9. The van der Waals surface area contributed by atoms with E-state index in [-0.39, 0.29) is 12.5 Å². The van der Waals surface area contributed by atoms with Crippen LogP contribution in [0.15, 0.2) is 52.9 Å². The molecule has 6 nitrogen and oxygen atoms in total. The third kappa shape index (κ3) is 4.43. The maximum absolute atomic E-state index is 13.0. The molecule has 31 heavy (non-hydrogen) atoms. The van der Waals surface area contributed by atoms with Crippen LogP contribution >= 0.6 is 0 Å². The molecule has 4 rings (SSSR count). The Morgan fingerprint density at radius 1 is 1.00 bits per heavy atom. The first-order valence-electron chi connectivity index (χ1n) is 10.8. The van der Waals surface area contributed by atoms with Crippen molar-refractivity contribution in [3.8, 4) is 11.3 Å². The van der Waals surface area contributed by atoms with Gasteiger partial charge in [0.05, 0.1) is 6.54 Å². The van der Waals surface area contributed by atoms with E-state index in [1.807, 2.05) is 54.1 Å². The van der Waals surface area contributed by atoms with Gasteiger partial charge in [-0.25, -0.2) is 4.98 Å². The van der Waals surface area contributed by atoms with Gasteiger partial charge in [-0.3, -0.25) is 4.79 Å². The van der Waals surface area contributed by atoms with Crippen LogP contribution in [0.2, 0.25) is 0 Å². The molecule has 1 amide bonds. The first kappa shape index (κ1) is 21.0. The number of piperazine rings is 1. The average Bonchev–Trinajstić information content (AvgIpc) is 3.18. The van der Waals surface area contributed by atoms with Gasteiger partial charge in [-0.15, -0.1) is 0 Å². The molecule has 0 saturated carbocycles. The number of hydrogen-bond acceptors (Lipinski definition) is 5. The molecule has 0 radical (unpaired) electrons. The highest BCUT2D eigenvalue weighted by Crippen LogP contribution is 2.30. The van der Waals surface area contributed by atoms with Crippen LogP contribution in [0.5, 0.6) is 0 Å². The van der Waals surface area contributed by atoms with E-state index in [1.54, 1.807) is 0 Å². The molecular formula is C25H30N4O2. The van der Waals surface area contributed by atoms with Crippen LogP contribution in [0.25, 0.3) is 11.3 Å². The van der Waals surface area contributed by atoms with E-state index in [0.717, 1.165) is 37.4 Å². The molecule has 0 atom stereocenters. The summed E-state index contributed by atoms with van der Waals surface area (Å²) in [6, 6.07) is 16.3. The van der Waals surface area contributed by atoms with Crippen LogP contribution in [-0.4, -0.2) is 55.6 Å². The predicted octanol–water partition coefficient (Wildman–Crippen LogP) is 4.05. The largest absolute Gasteiger partial charge is 0.425 e. The summed E-state index contributed by atoms with van der Waals surface area (Å²) in [7, 11) is 1.89. The molecule has 0 aliphatic carbocycles. The van der Waals surface area contributed by atoms with E-state index in [2.05, 4.69) is 41.9 Å². The second-order valence-electron chi connectivity index (χ2n) is 8.20. The summed E-state index contributed by atoms with van der Waals surface area (Å²) in [6.45, 7) is 9.54. The lowest BCUT2D eigenvalue weighted by Crippen LogP contribution is -2.51. The fraction of sp³-hybridized carbons (Fsp3) is 0.360. The highest BCUT2D eigenvalue weighted by molar-refractivity contribution is 5.83. The average molecular weight is 419 g/mol. The molecule has 1 aliphatic rings. The Bertz CT molecular complexity index is 1050. The Hall–Kier alpha value is -3.28. The van der Waals surface area contributed by atoms with Gasteiger partial charge in [0.1, 0.15) is 5.69 Å². The minimum absolute atomic E-state index is 0.108. The molecule has 0 spiro atoms. The lowest BCUT2D eigenvalue weighted by atomic mass is 10.1. The molecule has 0 N–H and O–H groups in total. The number of anilines is 2. The van der Waals surface area contributed by atoms with Crippen molar-refractivity contribution < 1.29 is 9.21 Å². The maximum atomic E-state index is 13.0. The van der Waals surface area contributed by atoms with Gasteiger partial charge in [0.15, 0.2) is 5.89 Å². The Morgan fingerprint density at radius 3 is 2.42 bits per heavy atom. The maximum Gasteiger partial charge on any atom is 0.242 e. The third-order valence-corrected chi connectivity index (χ3v) is 6.03. The van der Waals surface area contributed by atoms with Crippen LogP contribution in [0.1, 0.15) is 17.0 Å². The van der Waals surface area contributed by atoms with Gasteiger partial charge in [0, 0.05) is 51.4 Å². The number of nitrogens with zero attached hydrogens (tertiary/aromatic N) is 4. The van der Waals surface area contributed by atoms with E-state index in [1.165, 1.54) is 16.8 Å². The summed E-state index contributed by atoms with van der Waals surface area (Å²) in [5, 5.41) is 0. The number of rotatable bonds is 5. The highest BCUT2D eigenvalue weighted by atomic mass is 16.4. The standard InChI is InChI=1S/C25H30N4O2/c1-18-9-8-12-22(19(18)2)28-13-15-29(16-14-28)23(30)17-27(4)25-24(26-20(3)31-25)21-10-6-5-7-11-21/h5-12H,13-17H2,1-4H3. The Morgan fingerprint density at radius 2 is 1.71 bits per heavy atom. The van der Waals surface area contributed by atoms with E-state index in [4.69, 9.17) is 4.42 Å². The molecule has 6 heteroatoms. The minimum atomic E-state index is 0.108. The number of amides is 1. The highest BCUT2D eigenvalue weighted by Gasteiger charge is 2.25. The summed E-state index contributed by atoms with van der Waals surface area (Å²) in [5.74, 6) is 1.33. The van der Waals surface area contributed by atoms with Gasteiger partial charge in [-0.05, 0) is 31.0 Å². The van der Waals surface area contributed by atoms with Crippen molar-refractivity contribution in [2.24, 2.45) is 0 Å². The molecule has 162 valence electrons. The van der Waals surface area contributed by atoms with Crippen LogP contribution in [-0.2, 0) is 4.79 Å². The SMILES string of the molecule is Cc1nc(-c2ccccc2)c(N(C)CC(=O)N2CCN(c3cccc(C)c3C)CC2)o1. The van der Waals surface area contributed by atoms with E-state index in [0.29, 0.717) is 11.8 Å². The van der Waals surface area contributed by atoms with Crippen LogP contribution < -0.4 is 9.80 Å². The second-order valence-corrected chi connectivity index (χ2v) is 8.20. The van der Waals surface area contributed by atoms with Gasteiger partial charge in [0.25, 0.3) is 0 Å². The molecule has 3 aromatic rings. The number of oxazole rings is 1. The topological polar surface area (TPSA) is 52.8 Å². The first-order valence-corrected chi connectivity index (χ1v) is 10.8. The quantitative estimate of drug-likeness (QED) is 0.626. The fourth-order valence-electron chi connectivity index (χ4n) is 4.11. The molecule has 0 unspecified atom stereocenters. The molecule has 1 aliphatic heterocycles. The van der Waals surface area contributed by atoms with Crippen molar-refractivity contribution in [3.05, 3.63) is 65.5 Å². The molecule has 1 fully saturated rings. The molecule has 1 aromatic heterocycles. The van der Waals surface area contributed by atoms with E-state index < -0.39 is 0 Å². The van der Waals surface area contributed by atoms with Crippen molar-refractivity contribution in [2.75, 3.05) is 49.6 Å². The Kier molecular flexibility index (Phi) is 5.98. The van der Waals surface area contributed by atoms with Gasteiger partial charge in [-0.1, -0.05) is 42.5 Å². The number of benzene rings is 2. The van der Waals surface area contributed by atoms with Crippen LogP contribution in [0, 0.1) is 20.8 Å². The third-order valence-electron chi connectivity index (χ3n) is 6.03. The molecular weight excluding hydrogens is 388 g/mol. The zero-order valence-electron chi connectivity index (χ0n) is 18.8. The van der Waals surface area contributed by atoms with Crippen LogP contribution in [0.4, 0.5) is 11.6 Å². The lowest BCUT2D eigenvalue weighted by molar-refractivity contribution is -0.130. The van der Waals surface area contributed by atoms with Crippen molar-refractivity contribution in [1.29, 1.82) is 0 Å². The fourth-order valence-corrected chi connectivity index (χ4v) is 4.11. The van der Waals surface area contributed by atoms with E-state index in [9.17, 15) is 4.79 Å². The summed E-state index contributed by atoms with van der Waals surface area (Å²) >= 11 is 0. The zero-order valence-corrected chi connectivity index (χ0v) is 18.8. The summed E-state index contributed by atoms with van der Waals surface area (Å²) in [6.07, 6.45) is 0. The summed E-state index contributed by atoms with van der Waals surface area (Å²) in [5.41, 5.74) is 5.64. The van der Waals surface area contributed by atoms with E-state index >= 15 is 0 Å². The number of hydrogen-bond donors (Lipinski definition) is 0. The minimum Gasteiger partial charge on any atom is -0.425 e. The number of carbonyl (C=O) groups excluding carboxylic acids is 1.